The van der Waals surface area contributed by atoms with E-state index in [1.54, 1.807) is 47.5 Å². The van der Waals surface area contributed by atoms with E-state index >= 15 is 0 Å². The SMILES string of the molecule is CC(=O)c1cc(C#N)c(-c2ccc(Cl)cc2Cl)[nH]1.CN(C)/C=C/C(=O)c1cc(C#N)c(-c2ccc(Cl)cc2Cl)[nH]1. The van der Waals surface area contributed by atoms with Gasteiger partial charge < -0.3 is 14.9 Å². The molecule has 0 saturated carbocycles. The molecule has 0 spiro atoms. The molecule has 0 radical (unpaired) electrons. The molecule has 0 bridgehead atoms. The number of aromatic nitrogens is 2. The van der Waals surface area contributed by atoms with Crippen LogP contribution in [0.3, 0.4) is 0 Å². The number of hydrogen-bond acceptors (Lipinski definition) is 5. The van der Waals surface area contributed by atoms with Gasteiger partial charge in [0.05, 0.1) is 43.9 Å². The van der Waals surface area contributed by atoms with Gasteiger partial charge in [-0.2, -0.15) is 10.5 Å². The molecule has 2 aromatic heterocycles. The number of ketones is 2. The van der Waals surface area contributed by atoms with Crippen molar-refractivity contribution in [2.24, 2.45) is 0 Å². The molecule has 0 fully saturated rings. The highest BCUT2D eigenvalue weighted by Crippen LogP contribution is 2.33. The van der Waals surface area contributed by atoms with Gasteiger partial charge in [-0.25, -0.2) is 0 Å². The number of benzene rings is 2. The summed E-state index contributed by atoms with van der Waals surface area (Å²) in [6, 6.07) is 17.1. The van der Waals surface area contributed by atoms with Gasteiger partial charge in [-0.15, -0.1) is 0 Å². The molecule has 7 nitrogen and oxygen atoms in total. The zero-order valence-corrected chi connectivity index (χ0v) is 24.5. The van der Waals surface area contributed by atoms with Crippen molar-refractivity contribution in [1.82, 2.24) is 14.9 Å². The average molecular weight is 613 g/mol. The van der Waals surface area contributed by atoms with Crippen LogP contribution in [0.5, 0.6) is 0 Å². The van der Waals surface area contributed by atoms with E-state index < -0.39 is 0 Å². The maximum atomic E-state index is 12.1. The van der Waals surface area contributed by atoms with Crippen LogP contribution in [0.4, 0.5) is 0 Å². The van der Waals surface area contributed by atoms with E-state index in [4.69, 9.17) is 51.7 Å². The summed E-state index contributed by atoms with van der Waals surface area (Å²) in [4.78, 5) is 31.0. The normalized spacial score (nSPS) is 10.4. The topological polar surface area (TPSA) is 117 Å². The minimum Gasteiger partial charge on any atom is -0.383 e. The number of nitrogens with one attached hydrogen (secondary N) is 2. The Labute approximate surface area is 251 Å². The van der Waals surface area contributed by atoms with Crippen LogP contribution in [0.25, 0.3) is 22.5 Å². The number of nitrogens with zero attached hydrogens (tertiary/aromatic N) is 3. The molecule has 0 amide bonds. The van der Waals surface area contributed by atoms with Gasteiger partial charge in [0.2, 0.25) is 5.78 Å². The Morgan fingerprint density at radius 3 is 1.62 bits per heavy atom. The van der Waals surface area contributed by atoms with Gasteiger partial charge in [0, 0.05) is 54.5 Å². The number of hydrogen-bond donors (Lipinski definition) is 2. The van der Waals surface area contributed by atoms with Crippen LogP contribution < -0.4 is 0 Å². The van der Waals surface area contributed by atoms with Crippen LogP contribution in [0.2, 0.25) is 20.1 Å². The summed E-state index contributed by atoms with van der Waals surface area (Å²) in [6.45, 7) is 1.43. The van der Waals surface area contributed by atoms with Crippen LogP contribution in [-0.4, -0.2) is 40.5 Å². The first-order chi connectivity index (χ1) is 18.9. The number of aromatic amines is 2. The summed E-state index contributed by atoms with van der Waals surface area (Å²) in [7, 11) is 3.64. The standard InChI is InChI=1S/C16H13Cl2N3O.C13H8Cl2N2O/c1-21(2)6-5-15(22)14-7-10(9-19)16(20-14)12-4-3-11(17)8-13(12)18;1-7(18)12-4-8(6-16)13(17-12)10-3-2-9(14)5-11(10)15/h3-8,20H,1-2H3;2-5,17H,1H3/b6-5+;. The minimum absolute atomic E-state index is 0.136. The van der Waals surface area contributed by atoms with E-state index in [0.717, 1.165) is 0 Å². The smallest absolute Gasteiger partial charge is 0.203 e. The van der Waals surface area contributed by atoms with E-state index in [-0.39, 0.29) is 11.6 Å². The van der Waals surface area contributed by atoms with Crippen LogP contribution in [0.1, 0.15) is 39.0 Å². The third-order valence-electron chi connectivity index (χ3n) is 5.45. The molecule has 0 saturated heterocycles. The highest BCUT2D eigenvalue weighted by molar-refractivity contribution is 6.37. The molecule has 4 aromatic rings. The Morgan fingerprint density at radius 1 is 0.775 bits per heavy atom. The second-order valence-corrected chi connectivity index (χ2v) is 10.3. The lowest BCUT2D eigenvalue weighted by Gasteiger charge is -2.03. The molecule has 0 aliphatic rings. The number of halogens is 4. The first-order valence-corrected chi connectivity index (χ1v) is 13.0. The number of nitriles is 2. The zero-order chi connectivity index (χ0) is 29.6. The molecule has 202 valence electrons. The van der Waals surface area contributed by atoms with Crippen LogP contribution in [0.15, 0.2) is 60.8 Å². The van der Waals surface area contributed by atoms with Crippen molar-refractivity contribution < 1.29 is 9.59 Å². The van der Waals surface area contributed by atoms with Crippen LogP contribution in [-0.2, 0) is 0 Å². The number of rotatable bonds is 6. The molecule has 11 heteroatoms. The van der Waals surface area contributed by atoms with Gasteiger partial charge in [0.15, 0.2) is 5.78 Å². The van der Waals surface area contributed by atoms with E-state index in [1.807, 2.05) is 20.2 Å². The van der Waals surface area contributed by atoms with Crippen molar-refractivity contribution in [3.8, 4) is 34.7 Å². The van der Waals surface area contributed by atoms with Crippen LogP contribution >= 0.6 is 46.4 Å². The Morgan fingerprint density at radius 2 is 1.23 bits per heavy atom. The first-order valence-electron chi connectivity index (χ1n) is 11.5. The average Bonchev–Trinajstić information content (AvgIpc) is 3.52. The summed E-state index contributed by atoms with van der Waals surface area (Å²) in [6.07, 6.45) is 3.07. The second-order valence-electron chi connectivity index (χ2n) is 8.62. The summed E-state index contributed by atoms with van der Waals surface area (Å²) in [5.74, 6) is -0.357. The van der Waals surface area contributed by atoms with Crippen molar-refractivity contribution in [3.63, 3.8) is 0 Å². The molecule has 2 heterocycles. The summed E-state index contributed by atoms with van der Waals surface area (Å²) < 4.78 is 0. The maximum absolute atomic E-state index is 12.1. The lowest BCUT2D eigenvalue weighted by molar-refractivity contribution is 0.101. The number of allylic oxidation sites excluding steroid dienone is 1. The fourth-order valence-corrected chi connectivity index (χ4v) is 4.53. The lowest BCUT2D eigenvalue weighted by Crippen LogP contribution is -2.03. The minimum atomic E-state index is -0.221. The van der Waals surface area contributed by atoms with E-state index in [9.17, 15) is 14.9 Å². The van der Waals surface area contributed by atoms with E-state index in [2.05, 4.69) is 16.0 Å². The third-order valence-corrected chi connectivity index (χ3v) is 6.54. The van der Waals surface area contributed by atoms with Gasteiger partial charge in [-0.3, -0.25) is 9.59 Å². The number of Topliss-reactive ketones (excluding diaryl/α,β-unsaturated/α-hetero) is 1. The number of H-pyrrole nitrogens is 2. The highest BCUT2D eigenvalue weighted by Gasteiger charge is 2.16. The van der Waals surface area contributed by atoms with Gasteiger partial charge in [-0.1, -0.05) is 46.4 Å². The first kappa shape index (κ1) is 30.6. The molecule has 40 heavy (non-hydrogen) atoms. The van der Waals surface area contributed by atoms with Gasteiger partial charge >= 0.3 is 0 Å². The fourth-order valence-electron chi connectivity index (χ4n) is 3.52. The molecular weight excluding hydrogens is 592 g/mol. The van der Waals surface area contributed by atoms with Crippen molar-refractivity contribution in [1.29, 1.82) is 10.5 Å². The van der Waals surface area contributed by atoms with E-state index in [0.29, 0.717) is 65.1 Å². The molecule has 0 atom stereocenters. The van der Waals surface area contributed by atoms with Crippen molar-refractivity contribution in [2.45, 2.75) is 6.92 Å². The van der Waals surface area contributed by atoms with Gasteiger partial charge in [0.1, 0.15) is 12.1 Å². The van der Waals surface area contributed by atoms with Crippen molar-refractivity contribution in [2.75, 3.05) is 14.1 Å². The number of carbonyl (C=O) groups excluding carboxylic acids is 2. The summed E-state index contributed by atoms with van der Waals surface area (Å²) in [5.41, 5.74) is 3.75. The Kier molecular flexibility index (Phi) is 10.2. The fraction of sp³-hybridized carbons (Fsp3) is 0.103. The molecule has 2 N–H and O–H groups in total. The monoisotopic (exact) mass is 611 g/mol. The van der Waals surface area contributed by atoms with Crippen LogP contribution in [0, 0.1) is 22.7 Å². The molecule has 0 aliphatic heterocycles. The predicted octanol–water partition coefficient (Wildman–Crippen LogP) is 8.18. The lowest BCUT2D eigenvalue weighted by atomic mass is 10.1. The molecule has 2 aromatic carbocycles. The molecule has 0 aliphatic carbocycles. The quantitative estimate of drug-likeness (QED) is 0.168. The van der Waals surface area contributed by atoms with Crippen molar-refractivity contribution >= 4 is 58.0 Å². The summed E-state index contributed by atoms with van der Waals surface area (Å²) in [5, 5.41) is 20.2. The number of carbonyl (C=O) groups is 2. The van der Waals surface area contributed by atoms with Gasteiger partial charge in [0.25, 0.3) is 0 Å². The summed E-state index contributed by atoms with van der Waals surface area (Å²) >= 11 is 23.9. The Balaban J connectivity index is 0.000000225. The highest BCUT2D eigenvalue weighted by atomic mass is 35.5. The van der Waals surface area contributed by atoms with Gasteiger partial charge in [-0.05, 0) is 48.5 Å². The third kappa shape index (κ3) is 7.35. The van der Waals surface area contributed by atoms with E-state index in [1.165, 1.54) is 25.1 Å². The largest absolute Gasteiger partial charge is 0.383 e. The van der Waals surface area contributed by atoms with Crippen molar-refractivity contribution in [3.05, 3.63) is 103 Å². The predicted molar refractivity (Wildman–Crippen MR) is 159 cm³/mol. The Bertz CT molecular complexity index is 1700. The molecule has 4 rings (SSSR count). The zero-order valence-electron chi connectivity index (χ0n) is 21.4. The molecule has 0 unspecified atom stereocenters. The Hall–Kier alpha value is -3.98. The maximum Gasteiger partial charge on any atom is 0.203 e. The second kappa shape index (κ2) is 13.4. The molecular formula is C29H21Cl4N5O2.